The Labute approximate surface area is 121 Å². The molecular weight excluding hydrogens is 250 g/mol. The van der Waals surface area contributed by atoms with Crippen molar-refractivity contribution < 1.29 is 9.53 Å². The number of ether oxygens (including phenoxy) is 1. The SMILES string of the molecule is COC(=O)c1ccc(C)c(NC2CC(C)CCC2C)c1. The number of carbonyl (C=O) groups is 1. The predicted molar refractivity (Wildman–Crippen MR) is 82.1 cm³/mol. The third-order valence-electron chi connectivity index (χ3n) is 4.46. The summed E-state index contributed by atoms with van der Waals surface area (Å²) in [6.45, 7) is 6.70. The first kappa shape index (κ1) is 14.9. The van der Waals surface area contributed by atoms with E-state index in [1.165, 1.54) is 31.9 Å². The first-order chi connectivity index (χ1) is 9.51. The van der Waals surface area contributed by atoms with E-state index in [0.29, 0.717) is 17.5 Å². The van der Waals surface area contributed by atoms with Crippen LogP contribution in [0.25, 0.3) is 0 Å². The third kappa shape index (κ3) is 3.33. The molecule has 3 heteroatoms. The van der Waals surface area contributed by atoms with Crippen molar-refractivity contribution in [1.29, 1.82) is 0 Å². The van der Waals surface area contributed by atoms with Crippen molar-refractivity contribution in [3.05, 3.63) is 29.3 Å². The zero-order valence-electron chi connectivity index (χ0n) is 12.9. The van der Waals surface area contributed by atoms with Gasteiger partial charge < -0.3 is 10.1 Å². The van der Waals surface area contributed by atoms with Crippen LogP contribution in [0.5, 0.6) is 0 Å². The standard InChI is InChI=1S/C17H25NO2/c1-11-5-6-12(2)15(9-11)18-16-10-14(17(19)20-4)8-7-13(16)3/h7-8,10-12,15,18H,5-6,9H2,1-4H3. The Morgan fingerprint density at radius 3 is 2.75 bits per heavy atom. The molecule has 1 aromatic rings. The van der Waals surface area contributed by atoms with E-state index >= 15 is 0 Å². The van der Waals surface area contributed by atoms with E-state index in [1.54, 1.807) is 0 Å². The van der Waals surface area contributed by atoms with Crippen molar-refractivity contribution in [2.24, 2.45) is 11.8 Å². The van der Waals surface area contributed by atoms with Gasteiger partial charge in [-0.05, 0) is 49.3 Å². The highest BCUT2D eigenvalue weighted by molar-refractivity contribution is 5.90. The summed E-state index contributed by atoms with van der Waals surface area (Å²) in [5.41, 5.74) is 2.83. The fraction of sp³-hybridized carbons (Fsp3) is 0.588. The molecule has 1 aliphatic carbocycles. The molecule has 3 nitrogen and oxygen atoms in total. The van der Waals surface area contributed by atoms with E-state index in [2.05, 4.69) is 26.1 Å². The average Bonchev–Trinajstić information content (AvgIpc) is 2.44. The van der Waals surface area contributed by atoms with Crippen molar-refractivity contribution in [3.63, 3.8) is 0 Å². The van der Waals surface area contributed by atoms with E-state index in [4.69, 9.17) is 4.74 Å². The Morgan fingerprint density at radius 2 is 2.05 bits per heavy atom. The van der Waals surface area contributed by atoms with Crippen LogP contribution >= 0.6 is 0 Å². The van der Waals surface area contributed by atoms with Crippen molar-refractivity contribution in [1.82, 2.24) is 0 Å². The van der Waals surface area contributed by atoms with E-state index in [1.807, 2.05) is 18.2 Å². The quantitative estimate of drug-likeness (QED) is 0.847. The Morgan fingerprint density at radius 1 is 1.30 bits per heavy atom. The van der Waals surface area contributed by atoms with E-state index in [9.17, 15) is 4.79 Å². The van der Waals surface area contributed by atoms with Gasteiger partial charge in [0.25, 0.3) is 0 Å². The van der Waals surface area contributed by atoms with Crippen LogP contribution in [0, 0.1) is 18.8 Å². The van der Waals surface area contributed by atoms with Gasteiger partial charge in [0, 0.05) is 11.7 Å². The second-order valence-electron chi connectivity index (χ2n) is 6.17. The normalized spacial score (nSPS) is 26.1. The zero-order valence-corrected chi connectivity index (χ0v) is 12.9. The molecule has 0 radical (unpaired) electrons. The number of carbonyl (C=O) groups excluding carboxylic acids is 1. The van der Waals surface area contributed by atoms with Crippen LogP contribution in [0.4, 0.5) is 5.69 Å². The Balaban J connectivity index is 2.17. The molecule has 1 fully saturated rings. The third-order valence-corrected chi connectivity index (χ3v) is 4.46. The van der Waals surface area contributed by atoms with Crippen LogP contribution in [0.1, 0.15) is 49.0 Å². The van der Waals surface area contributed by atoms with Gasteiger partial charge in [0.05, 0.1) is 12.7 Å². The molecule has 1 saturated carbocycles. The molecule has 1 N–H and O–H groups in total. The maximum absolute atomic E-state index is 11.6. The van der Waals surface area contributed by atoms with Crippen molar-refractivity contribution in [2.75, 3.05) is 12.4 Å². The minimum absolute atomic E-state index is 0.280. The van der Waals surface area contributed by atoms with Crippen molar-refractivity contribution in [2.45, 2.75) is 46.1 Å². The smallest absolute Gasteiger partial charge is 0.337 e. The Hall–Kier alpha value is -1.51. The molecule has 1 aromatic carbocycles. The molecule has 0 aliphatic heterocycles. The summed E-state index contributed by atoms with van der Waals surface area (Å²) in [7, 11) is 1.42. The van der Waals surface area contributed by atoms with Gasteiger partial charge in [-0.3, -0.25) is 0 Å². The second-order valence-corrected chi connectivity index (χ2v) is 6.17. The molecule has 0 bridgehead atoms. The number of nitrogens with one attached hydrogen (secondary N) is 1. The largest absolute Gasteiger partial charge is 0.465 e. The number of hydrogen-bond donors (Lipinski definition) is 1. The molecule has 0 aromatic heterocycles. The molecule has 0 spiro atoms. The van der Waals surface area contributed by atoms with Gasteiger partial charge in [-0.2, -0.15) is 0 Å². The minimum Gasteiger partial charge on any atom is -0.465 e. The van der Waals surface area contributed by atoms with E-state index in [0.717, 1.165) is 11.6 Å². The number of benzene rings is 1. The minimum atomic E-state index is -0.280. The number of hydrogen-bond acceptors (Lipinski definition) is 3. The lowest BCUT2D eigenvalue weighted by Gasteiger charge is -2.34. The first-order valence-corrected chi connectivity index (χ1v) is 7.46. The molecule has 0 amide bonds. The van der Waals surface area contributed by atoms with Crippen molar-refractivity contribution in [3.8, 4) is 0 Å². The maximum Gasteiger partial charge on any atom is 0.337 e. The van der Waals surface area contributed by atoms with Gasteiger partial charge in [-0.15, -0.1) is 0 Å². The summed E-state index contributed by atoms with van der Waals surface area (Å²) in [5.74, 6) is 1.17. The van der Waals surface area contributed by atoms with Crippen LogP contribution in [0.2, 0.25) is 0 Å². The number of rotatable bonds is 3. The summed E-state index contributed by atoms with van der Waals surface area (Å²) >= 11 is 0. The summed E-state index contributed by atoms with van der Waals surface area (Å²) in [4.78, 5) is 11.6. The number of esters is 1. The second kappa shape index (κ2) is 6.29. The monoisotopic (exact) mass is 275 g/mol. The van der Waals surface area contributed by atoms with E-state index in [-0.39, 0.29) is 5.97 Å². The molecule has 2 rings (SSSR count). The van der Waals surface area contributed by atoms with Gasteiger partial charge in [-0.1, -0.05) is 26.3 Å². The van der Waals surface area contributed by atoms with Crippen LogP contribution in [-0.4, -0.2) is 19.1 Å². The van der Waals surface area contributed by atoms with Gasteiger partial charge in [0.1, 0.15) is 0 Å². The Kier molecular flexibility index (Phi) is 4.69. The number of anilines is 1. The fourth-order valence-corrected chi connectivity index (χ4v) is 2.96. The lowest BCUT2D eigenvalue weighted by atomic mass is 9.80. The molecule has 1 aliphatic rings. The lowest BCUT2D eigenvalue weighted by Crippen LogP contribution is -2.33. The summed E-state index contributed by atoms with van der Waals surface area (Å²) in [6.07, 6.45) is 3.79. The number of methoxy groups -OCH3 is 1. The Bertz CT molecular complexity index is 484. The molecule has 20 heavy (non-hydrogen) atoms. The van der Waals surface area contributed by atoms with Gasteiger partial charge in [0.15, 0.2) is 0 Å². The highest BCUT2D eigenvalue weighted by Gasteiger charge is 2.25. The van der Waals surface area contributed by atoms with Crippen LogP contribution in [0.3, 0.4) is 0 Å². The van der Waals surface area contributed by atoms with Crippen LogP contribution < -0.4 is 5.32 Å². The predicted octanol–water partition coefficient (Wildman–Crippen LogP) is 4.02. The maximum atomic E-state index is 11.6. The van der Waals surface area contributed by atoms with Gasteiger partial charge in [-0.25, -0.2) is 4.79 Å². The number of aryl methyl sites for hydroxylation is 1. The first-order valence-electron chi connectivity index (χ1n) is 7.46. The highest BCUT2D eigenvalue weighted by Crippen LogP contribution is 2.31. The summed E-state index contributed by atoms with van der Waals surface area (Å²) < 4.78 is 4.79. The molecule has 110 valence electrons. The molecule has 0 heterocycles. The van der Waals surface area contributed by atoms with Crippen LogP contribution in [0.15, 0.2) is 18.2 Å². The highest BCUT2D eigenvalue weighted by atomic mass is 16.5. The molecule has 3 unspecified atom stereocenters. The van der Waals surface area contributed by atoms with Crippen LogP contribution in [-0.2, 0) is 4.74 Å². The van der Waals surface area contributed by atoms with Gasteiger partial charge in [0.2, 0.25) is 0 Å². The molecular formula is C17H25NO2. The molecule has 3 atom stereocenters. The van der Waals surface area contributed by atoms with Crippen molar-refractivity contribution >= 4 is 11.7 Å². The summed E-state index contributed by atoms with van der Waals surface area (Å²) in [5, 5.41) is 3.64. The van der Waals surface area contributed by atoms with Gasteiger partial charge >= 0.3 is 5.97 Å². The zero-order chi connectivity index (χ0) is 14.7. The fourth-order valence-electron chi connectivity index (χ4n) is 2.96. The summed E-state index contributed by atoms with van der Waals surface area (Å²) in [6, 6.07) is 6.20. The average molecular weight is 275 g/mol. The molecule has 0 saturated heterocycles. The van der Waals surface area contributed by atoms with E-state index < -0.39 is 0 Å². The topological polar surface area (TPSA) is 38.3 Å². The lowest BCUT2D eigenvalue weighted by molar-refractivity contribution is 0.0601.